The van der Waals surface area contributed by atoms with Crippen LogP contribution in [0.25, 0.3) is 0 Å². The molecule has 0 radical (unpaired) electrons. The van der Waals surface area contributed by atoms with Gasteiger partial charge in [-0.1, -0.05) is 0 Å². The lowest BCUT2D eigenvalue weighted by atomic mass is 10.1. The normalized spacial score (nSPS) is 18.9. The van der Waals surface area contributed by atoms with E-state index in [-0.39, 0.29) is 31.0 Å². The van der Waals surface area contributed by atoms with Gasteiger partial charge in [-0.25, -0.2) is 8.78 Å². The number of ether oxygens (including phenoxy) is 1. The maximum atomic E-state index is 13.2. The van der Waals surface area contributed by atoms with E-state index in [1.807, 2.05) is 0 Å². The summed E-state index contributed by atoms with van der Waals surface area (Å²) < 4.78 is 31.3. The van der Waals surface area contributed by atoms with Gasteiger partial charge in [0.05, 0.1) is 18.8 Å². The molecule has 8 heteroatoms. The minimum Gasteiger partial charge on any atom is -0.398 e. The molecular formula is C12H13F2N3O3. The maximum absolute atomic E-state index is 13.2. The monoisotopic (exact) mass is 285 g/mol. The molecule has 6 nitrogen and oxygen atoms in total. The van der Waals surface area contributed by atoms with Crippen LogP contribution in [0.15, 0.2) is 12.1 Å². The Hall–Kier alpha value is -2.22. The molecule has 0 aromatic heterocycles. The van der Waals surface area contributed by atoms with E-state index in [0.29, 0.717) is 6.07 Å². The first-order valence-corrected chi connectivity index (χ1v) is 5.84. The van der Waals surface area contributed by atoms with Gasteiger partial charge < -0.3 is 21.1 Å². The summed E-state index contributed by atoms with van der Waals surface area (Å²) in [6, 6.07) is 0.478. The van der Waals surface area contributed by atoms with Gasteiger partial charge in [-0.2, -0.15) is 0 Å². The van der Waals surface area contributed by atoms with E-state index in [1.165, 1.54) is 0 Å². The van der Waals surface area contributed by atoms with Crippen LogP contribution in [0.2, 0.25) is 0 Å². The van der Waals surface area contributed by atoms with Gasteiger partial charge in [-0.15, -0.1) is 0 Å². The zero-order valence-corrected chi connectivity index (χ0v) is 10.4. The van der Waals surface area contributed by atoms with E-state index in [4.69, 9.17) is 16.2 Å². The average Bonchev–Trinajstić information content (AvgIpc) is 2.42. The van der Waals surface area contributed by atoms with Gasteiger partial charge in [-0.05, 0) is 6.07 Å². The molecule has 2 amide bonds. The average molecular weight is 285 g/mol. The Morgan fingerprint density at radius 3 is 2.60 bits per heavy atom. The number of nitrogens with zero attached hydrogens (tertiary/aromatic N) is 1. The van der Waals surface area contributed by atoms with Crippen LogP contribution in [-0.4, -0.2) is 42.5 Å². The van der Waals surface area contributed by atoms with E-state index in [0.717, 1.165) is 11.0 Å². The number of carbonyl (C=O) groups excluding carboxylic acids is 2. The number of hydrogen-bond donors (Lipinski definition) is 2. The number of morpholine rings is 1. The highest BCUT2D eigenvalue weighted by molar-refractivity contribution is 6.01. The van der Waals surface area contributed by atoms with Crippen LogP contribution in [0.4, 0.5) is 14.5 Å². The number of rotatable bonds is 2. The summed E-state index contributed by atoms with van der Waals surface area (Å²) in [5, 5.41) is 0. The van der Waals surface area contributed by atoms with Crippen LogP contribution in [0.5, 0.6) is 0 Å². The summed E-state index contributed by atoms with van der Waals surface area (Å²) in [5.41, 5.74) is 10.3. The van der Waals surface area contributed by atoms with Crippen LogP contribution in [0.3, 0.4) is 0 Å². The zero-order chi connectivity index (χ0) is 14.9. The van der Waals surface area contributed by atoms with Crippen LogP contribution < -0.4 is 11.5 Å². The van der Waals surface area contributed by atoms with Gasteiger partial charge in [-0.3, -0.25) is 9.59 Å². The SMILES string of the molecule is NC(=O)C1COCCN1C(=O)c1cc(F)c(F)cc1N. The number of anilines is 1. The van der Waals surface area contributed by atoms with Crippen LogP contribution in [0, 0.1) is 11.6 Å². The standard InChI is InChI=1S/C12H13F2N3O3/c13-7-3-6(9(15)4-8(7)14)12(19)17-1-2-20-5-10(17)11(16)18/h3-4,10H,1-2,5,15H2,(H2,16,18). The second-order valence-electron chi connectivity index (χ2n) is 4.35. The third kappa shape index (κ3) is 2.55. The van der Waals surface area contributed by atoms with Crippen molar-refractivity contribution in [3.8, 4) is 0 Å². The summed E-state index contributed by atoms with van der Waals surface area (Å²) in [4.78, 5) is 24.7. The predicted octanol–water partition coefficient (Wildman–Crippen LogP) is -0.127. The molecule has 1 saturated heterocycles. The minimum absolute atomic E-state index is 0.0370. The van der Waals surface area contributed by atoms with Gasteiger partial charge in [0.1, 0.15) is 6.04 Å². The highest BCUT2D eigenvalue weighted by Gasteiger charge is 2.33. The number of amides is 2. The van der Waals surface area contributed by atoms with Crippen molar-refractivity contribution in [2.45, 2.75) is 6.04 Å². The molecule has 2 rings (SSSR count). The summed E-state index contributed by atoms with van der Waals surface area (Å²) in [6.07, 6.45) is 0. The molecule has 0 spiro atoms. The van der Waals surface area contributed by atoms with E-state index < -0.39 is 29.5 Å². The highest BCUT2D eigenvalue weighted by atomic mass is 19.2. The molecule has 1 aromatic rings. The highest BCUT2D eigenvalue weighted by Crippen LogP contribution is 2.21. The van der Waals surface area contributed by atoms with Gasteiger partial charge in [0.25, 0.3) is 5.91 Å². The molecule has 0 aliphatic carbocycles. The van der Waals surface area contributed by atoms with Gasteiger partial charge in [0.15, 0.2) is 11.6 Å². The number of carbonyl (C=O) groups is 2. The van der Waals surface area contributed by atoms with E-state index >= 15 is 0 Å². The number of hydrogen-bond acceptors (Lipinski definition) is 4. The number of nitrogens with two attached hydrogens (primary N) is 2. The summed E-state index contributed by atoms with van der Waals surface area (Å²) >= 11 is 0. The third-order valence-corrected chi connectivity index (χ3v) is 3.04. The largest absolute Gasteiger partial charge is 0.398 e. The fraction of sp³-hybridized carbons (Fsp3) is 0.333. The van der Waals surface area contributed by atoms with E-state index in [1.54, 1.807) is 0 Å². The Kier molecular flexibility index (Phi) is 3.84. The van der Waals surface area contributed by atoms with Crippen molar-refractivity contribution >= 4 is 17.5 Å². The molecule has 20 heavy (non-hydrogen) atoms. The Bertz CT molecular complexity index is 565. The molecule has 0 bridgehead atoms. The Morgan fingerprint density at radius 2 is 1.95 bits per heavy atom. The Balaban J connectivity index is 2.34. The molecular weight excluding hydrogens is 272 g/mol. The molecule has 108 valence electrons. The van der Waals surface area contributed by atoms with Gasteiger partial charge in [0, 0.05) is 18.3 Å². The number of benzene rings is 1. The molecule has 1 heterocycles. The molecule has 0 saturated carbocycles. The quantitative estimate of drug-likeness (QED) is 0.740. The topological polar surface area (TPSA) is 98.7 Å². The minimum atomic E-state index is -1.19. The fourth-order valence-electron chi connectivity index (χ4n) is 1.98. The Labute approximate surface area is 113 Å². The van der Waals surface area contributed by atoms with Crippen molar-refractivity contribution < 1.29 is 23.1 Å². The van der Waals surface area contributed by atoms with E-state index in [9.17, 15) is 18.4 Å². The van der Waals surface area contributed by atoms with Crippen molar-refractivity contribution in [3.05, 3.63) is 29.3 Å². The summed E-state index contributed by atoms with van der Waals surface area (Å²) in [6.45, 7) is 0.300. The molecule has 1 aromatic carbocycles. The molecule has 1 aliphatic heterocycles. The zero-order valence-electron chi connectivity index (χ0n) is 10.4. The van der Waals surface area contributed by atoms with Crippen LogP contribution in [-0.2, 0) is 9.53 Å². The van der Waals surface area contributed by atoms with Crippen molar-refractivity contribution in [1.29, 1.82) is 0 Å². The van der Waals surface area contributed by atoms with E-state index in [2.05, 4.69) is 0 Å². The maximum Gasteiger partial charge on any atom is 0.256 e. The lowest BCUT2D eigenvalue weighted by Crippen LogP contribution is -2.54. The van der Waals surface area contributed by atoms with Crippen LogP contribution in [0.1, 0.15) is 10.4 Å². The second kappa shape index (κ2) is 5.41. The molecule has 1 fully saturated rings. The van der Waals surface area contributed by atoms with Crippen molar-refractivity contribution in [2.24, 2.45) is 5.73 Å². The van der Waals surface area contributed by atoms with Gasteiger partial charge >= 0.3 is 0 Å². The first-order valence-electron chi connectivity index (χ1n) is 5.84. The van der Waals surface area contributed by atoms with Crippen molar-refractivity contribution in [1.82, 2.24) is 4.90 Å². The van der Waals surface area contributed by atoms with Crippen molar-refractivity contribution in [3.63, 3.8) is 0 Å². The predicted molar refractivity (Wildman–Crippen MR) is 65.6 cm³/mol. The lowest BCUT2D eigenvalue weighted by molar-refractivity contribution is -0.127. The molecule has 1 unspecified atom stereocenters. The number of halogens is 2. The molecule has 4 N–H and O–H groups in total. The number of primary amides is 1. The second-order valence-corrected chi connectivity index (χ2v) is 4.35. The van der Waals surface area contributed by atoms with Crippen LogP contribution >= 0.6 is 0 Å². The van der Waals surface area contributed by atoms with Crippen molar-refractivity contribution in [2.75, 3.05) is 25.5 Å². The van der Waals surface area contributed by atoms with Gasteiger partial charge in [0.2, 0.25) is 5.91 Å². The first kappa shape index (κ1) is 14.2. The smallest absolute Gasteiger partial charge is 0.256 e. The summed E-state index contributed by atoms with van der Waals surface area (Å²) in [7, 11) is 0. The Morgan fingerprint density at radius 1 is 1.30 bits per heavy atom. The lowest BCUT2D eigenvalue weighted by Gasteiger charge is -2.33. The fourth-order valence-corrected chi connectivity index (χ4v) is 1.98. The third-order valence-electron chi connectivity index (χ3n) is 3.04. The first-order chi connectivity index (χ1) is 9.41. The molecule has 1 atom stereocenters. The number of nitrogen functional groups attached to an aromatic ring is 1. The summed E-state index contributed by atoms with van der Waals surface area (Å²) in [5.74, 6) is -3.76. The molecule has 1 aliphatic rings.